The predicted molar refractivity (Wildman–Crippen MR) is 131 cm³/mol. The molecule has 0 aromatic heterocycles. The molecular weight excluding hydrogens is 464 g/mol. The van der Waals surface area contributed by atoms with Crippen molar-refractivity contribution in [3.63, 3.8) is 0 Å². The van der Waals surface area contributed by atoms with E-state index < -0.39 is 30.3 Å². The number of ketones is 1. The summed E-state index contributed by atoms with van der Waals surface area (Å²) in [6.07, 6.45) is 1.82. The predicted octanol–water partition coefficient (Wildman–Crippen LogP) is 4.65. The maximum atomic E-state index is 13.3. The van der Waals surface area contributed by atoms with Gasteiger partial charge in [-0.1, -0.05) is 23.8 Å². The van der Waals surface area contributed by atoms with Gasteiger partial charge in [-0.15, -0.1) is 0 Å². The smallest absolute Gasteiger partial charge is 0.308 e. The van der Waals surface area contributed by atoms with Crippen molar-refractivity contribution in [2.45, 2.75) is 71.7 Å². The van der Waals surface area contributed by atoms with Crippen molar-refractivity contribution in [2.75, 3.05) is 0 Å². The van der Waals surface area contributed by atoms with E-state index in [1.807, 2.05) is 13.8 Å². The van der Waals surface area contributed by atoms with Crippen LogP contribution in [0.1, 0.15) is 74.5 Å². The van der Waals surface area contributed by atoms with Gasteiger partial charge in [0.15, 0.2) is 11.5 Å². The number of esters is 2. The van der Waals surface area contributed by atoms with E-state index >= 15 is 0 Å². The van der Waals surface area contributed by atoms with Crippen molar-refractivity contribution < 1.29 is 38.4 Å². The maximum absolute atomic E-state index is 13.3. The molecular formula is C28H30O8. The highest BCUT2D eigenvalue weighted by molar-refractivity contribution is 6.04. The Morgan fingerprint density at radius 3 is 2.36 bits per heavy atom. The molecule has 3 atom stereocenters. The number of hydrogen-bond donors (Lipinski definition) is 1. The summed E-state index contributed by atoms with van der Waals surface area (Å²) < 4.78 is 22.8. The van der Waals surface area contributed by atoms with E-state index in [1.165, 1.54) is 19.4 Å². The minimum absolute atomic E-state index is 0.0442. The SMILES string of the molecule is CC(=O)Oc1ccc([C@@H]2CC(=O)c3c(cc4c(c3OC(C)=O)C[C@H]([C@@H](O)CCC=C(C)C)O4)O2)cc1. The quantitative estimate of drug-likeness (QED) is 0.337. The Morgan fingerprint density at radius 1 is 1.03 bits per heavy atom. The van der Waals surface area contributed by atoms with E-state index in [1.54, 1.807) is 30.3 Å². The van der Waals surface area contributed by atoms with Gasteiger partial charge in [0.1, 0.15) is 35.0 Å². The Hall–Kier alpha value is -3.65. The zero-order valence-corrected chi connectivity index (χ0v) is 20.8. The molecule has 0 aliphatic carbocycles. The van der Waals surface area contributed by atoms with Gasteiger partial charge in [0.2, 0.25) is 0 Å². The number of rotatable bonds is 7. The number of Topliss-reactive ketones (excluding diaryl/α,β-unsaturated/α-hetero) is 1. The van der Waals surface area contributed by atoms with Crippen LogP contribution in [0.25, 0.3) is 0 Å². The summed E-state index contributed by atoms with van der Waals surface area (Å²) in [4.78, 5) is 36.3. The van der Waals surface area contributed by atoms with Crippen LogP contribution in [0.15, 0.2) is 42.0 Å². The minimum atomic E-state index is -0.727. The summed E-state index contributed by atoms with van der Waals surface area (Å²) in [6.45, 7) is 6.60. The first kappa shape index (κ1) is 25.4. The standard InChI is InChI=1S/C28H30O8/c1-15(2)6-5-7-21(31)25-12-20-24(36-25)14-26-27(28(20)34-17(4)30)22(32)13-23(35-26)18-8-10-19(11-9-18)33-16(3)29/h6,8-11,14,21,23,25,31H,5,7,12-13H2,1-4H3/t21-,23-,25+/m0/s1. The van der Waals surface area contributed by atoms with Crippen molar-refractivity contribution in [1.82, 2.24) is 0 Å². The fourth-order valence-electron chi connectivity index (χ4n) is 4.48. The largest absolute Gasteiger partial charge is 0.487 e. The van der Waals surface area contributed by atoms with Crippen molar-refractivity contribution in [3.8, 4) is 23.0 Å². The fraction of sp³-hybridized carbons (Fsp3) is 0.393. The highest BCUT2D eigenvalue weighted by Crippen LogP contribution is 2.48. The third-order valence-corrected chi connectivity index (χ3v) is 6.11. The topological polar surface area (TPSA) is 108 Å². The average molecular weight is 495 g/mol. The lowest BCUT2D eigenvalue weighted by Gasteiger charge is -2.27. The Bertz CT molecular complexity index is 1210. The molecule has 0 amide bonds. The van der Waals surface area contributed by atoms with Gasteiger partial charge in [-0.25, -0.2) is 0 Å². The van der Waals surface area contributed by atoms with Crippen LogP contribution in [-0.4, -0.2) is 35.0 Å². The van der Waals surface area contributed by atoms with E-state index in [0.29, 0.717) is 36.3 Å². The molecule has 8 nitrogen and oxygen atoms in total. The third-order valence-electron chi connectivity index (χ3n) is 6.11. The molecule has 0 bridgehead atoms. The second-order valence-corrected chi connectivity index (χ2v) is 9.33. The van der Waals surface area contributed by atoms with Crippen LogP contribution in [-0.2, 0) is 16.0 Å². The van der Waals surface area contributed by atoms with Crippen LogP contribution >= 0.6 is 0 Å². The summed E-state index contributed by atoms with van der Waals surface area (Å²) in [6, 6.07) is 8.38. The molecule has 0 saturated heterocycles. The Kier molecular flexibility index (Phi) is 7.45. The molecule has 2 aliphatic heterocycles. The molecule has 2 heterocycles. The van der Waals surface area contributed by atoms with Crippen LogP contribution in [0.2, 0.25) is 0 Å². The van der Waals surface area contributed by atoms with Crippen molar-refractivity contribution in [1.29, 1.82) is 0 Å². The highest BCUT2D eigenvalue weighted by atomic mass is 16.5. The fourth-order valence-corrected chi connectivity index (χ4v) is 4.48. The zero-order chi connectivity index (χ0) is 26.0. The molecule has 1 N–H and O–H groups in total. The summed E-state index contributed by atoms with van der Waals surface area (Å²) in [7, 11) is 0. The lowest BCUT2D eigenvalue weighted by Crippen LogP contribution is -2.30. The molecule has 4 rings (SSSR count). The summed E-state index contributed by atoms with van der Waals surface area (Å²) in [5.41, 5.74) is 2.69. The first-order valence-electron chi connectivity index (χ1n) is 12.0. The van der Waals surface area contributed by atoms with Gasteiger partial charge in [0, 0.05) is 31.9 Å². The monoisotopic (exact) mass is 494 g/mol. The summed E-state index contributed by atoms with van der Waals surface area (Å²) >= 11 is 0. The molecule has 0 radical (unpaired) electrons. The number of ether oxygens (including phenoxy) is 4. The number of aliphatic hydroxyl groups excluding tert-OH is 1. The van der Waals surface area contributed by atoms with Gasteiger partial charge in [0.05, 0.1) is 12.5 Å². The van der Waals surface area contributed by atoms with Gasteiger partial charge in [-0.3, -0.25) is 14.4 Å². The van der Waals surface area contributed by atoms with E-state index in [0.717, 1.165) is 5.56 Å². The van der Waals surface area contributed by atoms with Crippen LogP contribution < -0.4 is 18.9 Å². The Morgan fingerprint density at radius 2 is 1.72 bits per heavy atom. The van der Waals surface area contributed by atoms with Crippen LogP contribution in [0, 0.1) is 0 Å². The number of carbonyl (C=O) groups excluding carboxylic acids is 3. The van der Waals surface area contributed by atoms with Crippen LogP contribution in [0.5, 0.6) is 23.0 Å². The molecule has 0 fully saturated rings. The second-order valence-electron chi connectivity index (χ2n) is 9.33. The minimum Gasteiger partial charge on any atom is -0.487 e. The van der Waals surface area contributed by atoms with Crippen LogP contribution in [0.4, 0.5) is 0 Å². The van der Waals surface area contributed by atoms with Crippen LogP contribution in [0.3, 0.4) is 0 Å². The molecule has 0 saturated carbocycles. The summed E-state index contributed by atoms with van der Waals surface area (Å²) in [5, 5.41) is 10.7. The molecule has 2 aromatic rings. The normalized spacial score (nSPS) is 18.8. The molecule has 8 heteroatoms. The number of fused-ring (bicyclic) bond motifs is 2. The summed E-state index contributed by atoms with van der Waals surface area (Å²) in [5.74, 6) is 0.0120. The van der Waals surface area contributed by atoms with E-state index in [9.17, 15) is 19.5 Å². The first-order chi connectivity index (χ1) is 17.1. The maximum Gasteiger partial charge on any atom is 0.308 e. The number of allylic oxidation sites excluding steroid dienone is 2. The third kappa shape index (κ3) is 5.60. The number of carbonyl (C=O) groups is 3. The lowest BCUT2D eigenvalue weighted by atomic mass is 9.92. The van der Waals surface area contributed by atoms with E-state index in [2.05, 4.69) is 6.08 Å². The average Bonchev–Trinajstić information content (AvgIpc) is 3.22. The van der Waals surface area contributed by atoms with Gasteiger partial charge in [0.25, 0.3) is 0 Å². The van der Waals surface area contributed by atoms with Crippen molar-refractivity contribution in [2.24, 2.45) is 0 Å². The molecule has 36 heavy (non-hydrogen) atoms. The van der Waals surface area contributed by atoms with E-state index in [4.69, 9.17) is 18.9 Å². The number of hydrogen-bond acceptors (Lipinski definition) is 8. The molecule has 2 aliphatic rings. The number of aliphatic hydroxyl groups is 1. The molecule has 2 aromatic carbocycles. The molecule has 0 spiro atoms. The van der Waals surface area contributed by atoms with Gasteiger partial charge in [-0.05, 0) is 44.4 Å². The number of benzene rings is 2. The molecule has 0 unspecified atom stereocenters. The van der Waals surface area contributed by atoms with Crippen molar-refractivity contribution >= 4 is 17.7 Å². The lowest BCUT2D eigenvalue weighted by molar-refractivity contribution is -0.132. The van der Waals surface area contributed by atoms with Crippen molar-refractivity contribution in [3.05, 3.63) is 58.7 Å². The zero-order valence-electron chi connectivity index (χ0n) is 20.8. The second kappa shape index (κ2) is 10.5. The van der Waals surface area contributed by atoms with Gasteiger partial charge < -0.3 is 24.1 Å². The highest BCUT2D eigenvalue weighted by Gasteiger charge is 2.39. The Balaban J connectivity index is 1.61. The van der Waals surface area contributed by atoms with Gasteiger partial charge >= 0.3 is 11.9 Å². The Labute approximate surface area is 209 Å². The first-order valence-corrected chi connectivity index (χ1v) is 12.0. The molecule has 190 valence electrons. The van der Waals surface area contributed by atoms with E-state index in [-0.39, 0.29) is 29.3 Å². The van der Waals surface area contributed by atoms with Gasteiger partial charge in [-0.2, -0.15) is 0 Å².